The van der Waals surface area contributed by atoms with Crippen molar-refractivity contribution in [1.29, 1.82) is 10.8 Å². The molecule has 0 spiro atoms. The summed E-state index contributed by atoms with van der Waals surface area (Å²) in [6.07, 6.45) is 4.91. The van der Waals surface area contributed by atoms with Gasteiger partial charge in [-0.2, -0.15) is 8.42 Å². The van der Waals surface area contributed by atoms with Crippen molar-refractivity contribution in [2.45, 2.75) is 32.8 Å². The predicted octanol–water partition coefficient (Wildman–Crippen LogP) is 3.14. The van der Waals surface area contributed by atoms with Crippen LogP contribution in [0.4, 0.5) is 5.69 Å². The lowest BCUT2D eigenvalue weighted by molar-refractivity contribution is -0.131. The Morgan fingerprint density at radius 1 is 1.14 bits per heavy atom. The molecule has 1 aliphatic heterocycles. The molecule has 0 radical (unpaired) electrons. The third-order valence-electron chi connectivity index (χ3n) is 5.62. The number of rotatable bonds is 9. The number of amidine groups is 2. The van der Waals surface area contributed by atoms with Gasteiger partial charge < -0.3 is 19.6 Å². The van der Waals surface area contributed by atoms with Gasteiger partial charge in [-0.1, -0.05) is 30.4 Å². The summed E-state index contributed by atoms with van der Waals surface area (Å²) in [5, 5.41) is 15.3. The first-order chi connectivity index (χ1) is 17.0. The number of benzene rings is 2. The van der Waals surface area contributed by atoms with Crippen molar-refractivity contribution in [3.8, 4) is 5.75 Å². The summed E-state index contributed by atoms with van der Waals surface area (Å²) in [6.45, 7) is 4.22. The third-order valence-corrected chi connectivity index (χ3v) is 6.96. The van der Waals surface area contributed by atoms with Gasteiger partial charge in [-0.05, 0) is 42.8 Å². The van der Waals surface area contributed by atoms with Gasteiger partial charge >= 0.3 is 16.3 Å². The smallest absolute Gasteiger partial charge is 0.412 e. The highest BCUT2D eigenvalue weighted by molar-refractivity contribution is 7.88. The molecule has 4 N–H and O–H groups in total. The Morgan fingerprint density at radius 3 is 2.39 bits per heavy atom. The average molecular weight is 514 g/mol. The van der Waals surface area contributed by atoms with E-state index in [0.717, 1.165) is 42.7 Å². The van der Waals surface area contributed by atoms with Gasteiger partial charge in [-0.15, -0.1) is 0 Å². The SMILES string of the molecule is CC(=N)N1CCC(Oc2ccc(N(C/C=C/c3cccc(C(=N)N)c3)S(=O)(=O)OC(C)=O)cc2)CC1. The molecule has 3 rings (SSSR count). The van der Waals surface area contributed by atoms with E-state index in [4.69, 9.17) is 21.3 Å². The first kappa shape index (κ1) is 26.7. The molecule has 0 atom stereocenters. The molecular weight excluding hydrogens is 482 g/mol. The van der Waals surface area contributed by atoms with E-state index in [-0.39, 0.29) is 18.5 Å². The molecule has 1 aliphatic rings. The standard InChI is InChI=1S/C25H31N5O5S/c1-18(26)29-15-12-24(13-16-29)34-23-10-8-22(9-11-23)30(36(32,33)35-19(2)31)14-4-6-20-5-3-7-21(17-20)25(27)28/h3-11,17,24,26H,12-16H2,1-2H3,(H3,27,28)/b6-4+,26-18?. The number of anilines is 1. The summed E-state index contributed by atoms with van der Waals surface area (Å²) >= 11 is 0. The number of piperidine rings is 1. The van der Waals surface area contributed by atoms with Crippen LogP contribution in [-0.4, -0.2) is 56.7 Å². The van der Waals surface area contributed by atoms with E-state index in [1.165, 1.54) is 0 Å². The molecule has 1 heterocycles. The minimum absolute atomic E-state index is 0.0148. The van der Waals surface area contributed by atoms with Crippen LogP contribution in [0.15, 0.2) is 54.6 Å². The highest BCUT2D eigenvalue weighted by Gasteiger charge is 2.26. The first-order valence-electron chi connectivity index (χ1n) is 11.5. The molecule has 11 heteroatoms. The van der Waals surface area contributed by atoms with Gasteiger partial charge in [-0.3, -0.25) is 15.6 Å². The fourth-order valence-corrected chi connectivity index (χ4v) is 4.84. The summed E-state index contributed by atoms with van der Waals surface area (Å²) in [6, 6.07) is 13.5. The summed E-state index contributed by atoms with van der Waals surface area (Å²) in [7, 11) is -4.39. The maximum Gasteiger partial charge on any atom is 0.412 e. The van der Waals surface area contributed by atoms with E-state index < -0.39 is 16.3 Å². The molecule has 1 fully saturated rings. The Bertz CT molecular complexity index is 1240. The molecular formula is C25H31N5O5S. The number of carbonyl (C=O) groups excluding carboxylic acids is 1. The van der Waals surface area contributed by atoms with Gasteiger partial charge in [0.05, 0.1) is 18.1 Å². The molecule has 192 valence electrons. The van der Waals surface area contributed by atoms with Crippen LogP contribution in [0.3, 0.4) is 0 Å². The van der Waals surface area contributed by atoms with Crippen LogP contribution in [0.25, 0.3) is 6.08 Å². The van der Waals surface area contributed by atoms with E-state index in [1.54, 1.807) is 67.6 Å². The van der Waals surface area contributed by atoms with E-state index in [2.05, 4.69) is 4.18 Å². The third kappa shape index (κ3) is 7.32. The average Bonchev–Trinajstić information content (AvgIpc) is 2.82. The lowest BCUT2D eigenvalue weighted by atomic mass is 10.1. The number of hydrogen-bond donors (Lipinski definition) is 3. The second-order valence-corrected chi connectivity index (χ2v) is 9.85. The van der Waals surface area contributed by atoms with Gasteiger partial charge in [0, 0.05) is 38.4 Å². The molecule has 1 saturated heterocycles. The Kier molecular flexibility index (Phi) is 8.70. The van der Waals surface area contributed by atoms with Crippen molar-refractivity contribution >= 4 is 39.7 Å². The monoisotopic (exact) mass is 513 g/mol. The van der Waals surface area contributed by atoms with Crippen molar-refractivity contribution in [2.75, 3.05) is 23.9 Å². The maximum atomic E-state index is 12.8. The maximum absolute atomic E-state index is 12.8. The van der Waals surface area contributed by atoms with Gasteiger partial charge in [-0.25, -0.2) is 4.31 Å². The minimum Gasteiger partial charge on any atom is -0.490 e. The summed E-state index contributed by atoms with van der Waals surface area (Å²) in [5.41, 5.74) is 7.12. The van der Waals surface area contributed by atoms with Crippen molar-refractivity contribution in [3.63, 3.8) is 0 Å². The number of carbonyl (C=O) groups is 1. The Balaban J connectivity index is 1.74. The Labute approximate surface area is 211 Å². The number of nitrogens with zero attached hydrogens (tertiary/aromatic N) is 2. The zero-order chi connectivity index (χ0) is 26.3. The van der Waals surface area contributed by atoms with Crippen LogP contribution in [0.2, 0.25) is 0 Å². The molecule has 36 heavy (non-hydrogen) atoms. The molecule has 0 unspecified atom stereocenters. The number of ether oxygens (including phenoxy) is 1. The zero-order valence-corrected chi connectivity index (χ0v) is 21.1. The number of likely N-dealkylation sites (tertiary alicyclic amines) is 1. The fraction of sp³-hybridized carbons (Fsp3) is 0.320. The topological polar surface area (TPSA) is 150 Å². The van der Waals surface area contributed by atoms with Gasteiger partial charge in [0.2, 0.25) is 0 Å². The van der Waals surface area contributed by atoms with E-state index in [9.17, 15) is 13.2 Å². The largest absolute Gasteiger partial charge is 0.490 e. The van der Waals surface area contributed by atoms with Crippen LogP contribution in [0.5, 0.6) is 5.75 Å². The summed E-state index contributed by atoms with van der Waals surface area (Å²) < 4.78 is 37.2. The van der Waals surface area contributed by atoms with Crippen molar-refractivity contribution in [3.05, 3.63) is 65.7 Å². The lowest BCUT2D eigenvalue weighted by Gasteiger charge is -2.32. The molecule has 2 aromatic carbocycles. The van der Waals surface area contributed by atoms with Crippen LogP contribution in [0.1, 0.15) is 37.8 Å². The zero-order valence-electron chi connectivity index (χ0n) is 20.3. The van der Waals surface area contributed by atoms with Crippen LogP contribution < -0.4 is 14.8 Å². The molecule has 0 aliphatic carbocycles. The van der Waals surface area contributed by atoms with E-state index >= 15 is 0 Å². The van der Waals surface area contributed by atoms with Crippen LogP contribution in [0, 0.1) is 10.8 Å². The summed E-state index contributed by atoms with van der Waals surface area (Å²) in [4.78, 5) is 13.4. The minimum atomic E-state index is -4.39. The number of hydrogen-bond acceptors (Lipinski definition) is 7. The quantitative estimate of drug-likeness (QED) is 0.344. The fourth-order valence-electron chi connectivity index (χ4n) is 3.81. The summed E-state index contributed by atoms with van der Waals surface area (Å²) in [5.74, 6) is 0.143. The van der Waals surface area contributed by atoms with Crippen molar-refractivity contribution in [1.82, 2.24) is 4.90 Å². The van der Waals surface area contributed by atoms with Gasteiger partial charge in [0.25, 0.3) is 0 Å². The molecule has 0 aromatic heterocycles. The number of nitrogens with one attached hydrogen (secondary N) is 2. The second-order valence-electron chi connectivity index (χ2n) is 8.39. The first-order valence-corrected chi connectivity index (χ1v) is 12.8. The van der Waals surface area contributed by atoms with Gasteiger partial charge in [0.15, 0.2) is 0 Å². The Morgan fingerprint density at radius 2 is 1.81 bits per heavy atom. The second kappa shape index (κ2) is 11.7. The van der Waals surface area contributed by atoms with Crippen molar-refractivity contribution < 1.29 is 22.1 Å². The molecule has 2 aromatic rings. The molecule has 0 saturated carbocycles. The van der Waals surface area contributed by atoms with E-state index in [0.29, 0.717) is 22.8 Å². The Hall–Kier alpha value is -3.86. The van der Waals surface area contributed by atoms with Crippen LogP contribution >= 0.6 is 0 Å². The highest BCUT2D eigenvalue weighted by atomic mass is 32.2. The highest BCUT2D eigenvalue weighted by Crippen LogP contribution is 2.25. The normalized spacial score (nSPS) is 14.4. The van der Waals surface area contributed by atoms with E-state index in [1.807, 2.05) is 4.90 Å². The van der Waals surface area contributed by atoms with Gasteiger partial charge in [0.1, 0.15) is 17.7 Å². The molecule has 0 bridgehead atoms. The van der Waals surface area contributed by atoms with Crippen LogP contribution in [-0.2, 0) is 19.3 Å². The van der Waals surface area contributed by atoms with Crippen molar-refractivity contribution in [2.24, 2.45) is 5.73 Å². The number of nitrogen functional groups attached to an aromatic ring is 1. The lowest BCUT2D eigenvalue weighted by Crippen LogP contribution is -2.40. The molecule has 0 amide bonds. The predicted molar refractivity (Wildman–Crippen MR) is 140 cm³/mol. The molecule has 10 nitrogen and oxygen atoms in total. The number of nitrogens with two attached hydrogens (primary N) is 1.